The molecule has 1 aromatic heterocycles. The number of aromatic nitrogens is 2. The molecule has 1 aliphatic heterocycles. The van der Waals surface area contributed by atoms with Gasteiger partial charge in [0.1, 0.15) is 5.15 Å². The number of benzene rings is 1. The Morgan fingerprint density at radius 2 is 1.95 bits per heavy atom. The van der Waals surface area contributed by atoms with E-state index in [1.165, 1.54) is 0 Å². The van der Waals surface area contributed by atoms with Crippen LogP contribution in [0.1, 0.15) is 6.42 Å². The monoisotopic (exact) mass is 296 g/mol. The van der Waals surface area contributed by atoms with E-state index in [0.29, 0.717) is 40.7 Å². The van der Waals surface area contributed by atoms with Gasteiger partial charge in [0, 0.05) is 18.2 Å². The third-order valence-corrected chi connectivity index (χ3v) is 3.17. The highest BCUT2D eigenvalue weighted by Gasteiger charge is 2.17. The maximum absolute atomic E-state index is 6.22. The van der Waals surface area contributed by atoms with E-state index in [0.717, 1.165) is 12.0 Å². The van der Waals surface area contributed by atoms with Gasteiger partial charge in [-0.1, -0.05) is 23.2 Å². The van der Waals surface area contributed by atoms with E-state index >= 15 is 0 Å². The third-order valence-electron chi connectivity index (χ3n) is 2.68. The van der Waals surface area contributed by atoms with Crippen molar-refractivity contribution < 1.29 is 9.47 Å². The summed E-state index contributed by atoms with van der Waals surface area (Å²) in [4.78, 5) is 8.33. The molecular weight excluding hydrogens is 287 g/mol. The SMILES string of the molecule is Clc1ccnc(-c2cc(Cl)c3c(c2)OCCCO3)n1. The smallest absolute Gasteiger partial charge is 0.179 e. The Kier molecular flexibility index (Phi) is 3.44. The molecule has 0 fully saturated rings. The van der Waals surface area contributed by atoms with Gasteiger partial charge in [-0.3, -0.25) is 0 Å². The summed E-state index contributed by atoms with van der Waals surface area (Å²) in [5.41, 5.74) is 0.747. The Morgan fingerprint density at radius 1 is 1.11 bits per heavy atom. The summed E-state index contributed by atoms with van der Waals surface area (Å²) in [6, 6.07) is 5.19. The lowest BCUT2D eigenvalue weighted by Crippen LogP contribution is -1.97. The minimum absolute atomic E-state index is 0.383. The van der Waals surface area contributed by atoms with Gasteiger partial charge < -0.3 is 9.47 Å². The maximum atomic E-state index is 6.22. The third kappa shape index (κ3) is 2.60. The Morgan fingerprint density at radius 3 is 2.79 bits per heavy atom. The van der Waals surface area contributed by atoms with E-state index in [1.54, 1.807) is 18.3 Å². The minimum Gasteiger partial charge on any atom is -0.489 e. The fourth-order valence-corrected chi connectivity index (χ4v) is 2.24. The molecule has 0 spiro atoms. The summed E-state index contributed by atoms with van der Waals surface area (Å²) in [5.74, 6) is 1.69. The first-order valence-corrected chi connectivity index (χ1v) is 6.58. The second-order valence-electron chi connectivity index (χ2n) is 4.04. The van der Waals surface area contributed by atoms with Crippen LogP contribution in [0, 0.1) is 0 Å². The lowest BCUT2D eigenvalue weighted by molar-refractivity contribution is 0.297. The number of fused-ring (bicyclic) bond motifs is 1. The first-order valence-electron chi connectivity index (χ1n) is 5.82. The highest BCUT2D eigenvalue weighted by molar-refractivity contribution is 6.32. The molecule has 0 unspecified atom stereocenters. The van der Waals surface area contributed by atoms with E-state index < -0.39 is 0 Å². The minimum atomic E-state index is 0.383. The van der Waals surface area contributed by atoms with E-state index in [2.05, 4.69) is 9.97 Å². The van der Waals surface area contributed by atoms with E-state index in [1.807, 2.05) is 6.07 Å². The maximum Gasteiger partial charge on any atom is 0.179 e. The lowest BCUT2D eigenvalue weighted by Gasteiger charge is -2.11. The summed E-state index contributed by atoms with van der Waals surface area (Å²) in [6.45, 7) is 1.20. The second-order valence-corrected chi connectivity index (χ2v) is 4.83. The molecule has 0 saturated carbocycles. The fourth-order valence-electron chi connectivity index (χ4n) is 1.84. The van der Waals surface area contributed by atoms with Crippen LogP contribution in [0.3, 0.4) is 0 Å². The molecule has 0 N–H and O–H groups in total. The molecule has 3 rings (SSSR count). The first-order chi connectivity index (χ1) is 9.24. The van der Waals surface area contributed by atoms with Gasteiger partial charge in [0.25, 0.3) is 0 Å². The zero-order valence-corrected chi connectivity index (χ0v) is 11.4. The molecule has 4 nitrogen and oxygen atoms in total. The standard InChI is InChI=1S/C13H10Cl2N2O2/c14-9-6-8(13-16-3-2-11(15)17-13)7-10-12(9)19-5-1-4-18-10/h2-3,6-7H,1,4-5H2. The molecule has 1 aromatic carbocycles. The largest absolute Gasteiger partial charge is 0.489 e. The van der Waals surface area contributed by atoms with Crippen LogP contribution in [0.25, 0.3) is 11.4 Å². The average Bonchev–Trinajstić information content (AvgIpc) is 2.64. The van der Waals surface area contributed by atoms with Crippen LogP contribution in [-0.2, 0) is 0 Å². The average molecular weight is 297 g/mol. The van der Waals surface area contributed by atoms with Crippen molar-refractivity contribution in [2.75, 3.05) is 13.2 Å². The van der Waals surface area contributed by atoms with Gasteiger partial charge in [0.2, 0.25) is 0 Å². The van der Waals surface area contributed by atoms with Crippen LogP contribution in [0.5, 0.6) is 11.5 Å². The number of hydrogen-bond acceptors (Lipinski definition) is 4. The van der Waals surface area contributed by atoms with Crippen molar-refractivity contribution in [1.29, 1.82) is 0 Å². The van der Waals surface area contributed by atoms with E-state index in [-0.39, 0.29) is 0 Å². The van der Waals surface area contributed by atoms with Gasteiger partial charge in [-0.2, -0.15) is 0 Å². The van der Waals surface area contributed by atoms with E-state index in [9.17, 15) is 0 Å². The molecule has 0 bridgehead atoms. The van der Waals surface area contributed by atoms with Crippen molar-refractivity contribution in [2.24, 2.45) is 0 Å². The lowest BCUT2D eigenvalue weighted by atomic mass is 10.2. The summed E-state index contributed by atoms with van der Waals surface area (Å²) in [5, 5.41) is 0.867. The van der Waals surface area contributed by atoms with Crippen molar-refractivity contribution >= 4 is 23.2 Å². The molecule has 0 aliphatic carbocycles. The second kappa shape index (κ2) is 5.23. The molecular formula is C13H10Cl2N2O2. The molecule has 6 heteroatoms. The predicted molar refractivity (Wildman–Crippen MR) is 73.1 cm³/mol. The van der Waals surface area contributed by atoms with Crippen LogP contribution < -0.4 is 9.47 Å². The van der Waals surface area contributed by atoms with Crippen LogP contribution in [0.15, 0.2) is 24.4 Å². The number of nitrogens with zero attached hydrogens (tertiary/aromatic N) is 2. The Hall–Kier alpha value is -1.52. The fraction of sp³-hybridized carbons (Fsp3) is 0.231. The topological polar surface area (TPSA) is 44.2 Å². The summed E-state index contributed by atoms with van der Waals surface area (Å²) < 4.78 is 11.2. The van der Waals surface area contributed by atoms with Crippen molar-refractivity contribution in [2.45, 2.75) is 6.42 Å². The molecule has 0 atom stereocenters. The number of hydrogen-bond donors (Lipinski definition) is 0. The van der Waals surface area contributed by atoms with Crippen molar-refractivity contribution in [3.8, 4) is 22.9 Å². The van der Waals surface area contributed by atoms with Gasteiger partial charge in [-0.25, -0.2) is 9.97 Å². The summed E-state index contributed by atoms with van der Waals surface area (Å²) in [7, 11) is 0. The van der Waals surface area contributed by atoms with Gasteiger partial charge in [0.15, 0.2) is 17.3 Å². The van der Waals surface area contributed by atoms with Crippen LogP contribution in [0.4, 0.5) is 0 Å². The normalized spacial score (nSPS) is 14.0. The quantitative estimate of drug-likeness (QED) is 0.754. The zero-order valence-electron chi connectivity index (χ0n) is 9.90. The Balaban J connectivity index is 2.09. The highest BCUT2D eigenvalue weighted by Crippen LogP contribution is 2.40. The van der Waals surface area contributed by atoms with Crippen molar-refractivity contribution in [3.63, 3.8) is 0 Å². The molecule has 0 radical (unpaired) electrons. The van der Waals surface area contributed by atoms with Gasteiger partial charge >= 0.3 is 0 Å². The Labute approximate surface area is 120 Å². The van der Waals surface area contributed by atoms with Crippen molar-refractivity contribution in [3.05, 3.63) is 34.6 Å². The van der Waals surface area contributed by atoms with Gasteiger partial charge in [-0.05, 0) is 18.2 Å². The van der Waals surface area contributed by atoms with Crippen LogP contribution >= 0.6 is 23.2 Å². The molecule has 0 amide bonds. The number of rotatable bonds is 1. The van der Waals surface area contributed by atoms with Crippen LogP contribution in [-0.4, -0.2) is 23.2 Å². The van der Waals surface area contributed by atoms with Gasteiger partial charge in [-0.15, -0.1) is 0 Å². The molecule has 1 aliphatic rings. The van der Waals surface area contributed by atoms with Gasteiger partial charge in [0.05, 0.1) is 18.2 Å². The number of ether oxygens (including phenoxy) is 2. The molecule has 2 aromatic rings. The zero-order chi connectivity index (χ0) is 13.2. The summed E-state index contributed by atoms with van der Waals surface area (Å²) in [6.07, 6.45) is 2.43. The first kappa shape index (κ1) is 12.5. The number of halogens is 2. The summed E-state index contributed by atoms with van der Waals surface area (Å²) >= 11 is 12.1. The predicted octanol–water partition coefficient (Wildman–Crippen LogP) is 3.61. The van der Waals surface area contributed by atoms with Crippen molar-refractivity contribution in [1.82, 2.24) is 9.97 Å². The van der Waals surface area contributed by atoms with Crippen LogP contribution in [0.2, 0.25) is 10.2 Å². The molecule has 98 valence electrons. The Bertz CT molecular complexity index is 620. The molecule has 19 heavy (non-hydrogen) atoms. The molecule has 0 saturated heterocycles. The molecule has 2 heterocycles. The highest BCUT2D eigenvalue weighted by atomic mass is 35.5. The van der Waals surface area contributed by atoms with E-state index in [4.69, 9.17) is 32.7 Å².